The molecule has 0 spiro atoms. The van der Waals surface area contributed by atoms with Gasteiger partial charge >= 0.3 is 0 Å². The lowest BCUT2D eigenvalue weighted by atomic mass is 9.97. The van der Waals surface area contributed by atoms with Crippen LogP contribution in [-0.2, 0) is 17.8 Å². The molecule has 1 aliphatic rings. The zero-order valence-electron chi connectivity index (χ0n) is 19.4. The Labute approximate surface area is 194 Å². The molecule has 0 radical (unpaired) electrons. The van der Waals surface area contributed by atoms with Crippen LogP contribution in [0.4, 0.5) is 5.82 Å². The number of aromatic nitrogens is 2. The summed E-state index contributed by atoms with van der Waals surface area (Å²) in [6, 6.07) is 16.5. The second-order valence-corrected chi connectivity index (χ2v) is 8.99. The molecule has 4 aromatic rings. The lowest BCUT2D eigenvalue weighted by Gasteiger charge is -2.18. The third-order valence-electron chi connectivity index (χ3n) is 6.31. The summed E-state index contributed by atoms with van der Waals surface area (Å²) in [6.45, 7) is 8.84. The van der Waals surface area contributed by atoms with Gasteiger partial charge in [0.15, 0.2) is 5.82 Å². The van der Waals surface area contributed by atoms with Gasteiger partial charge in [-0.05, 0) is 42.0 Å². The molecular formula is C28H27N3O2. The predicted molar refractivity (Wildman–Crippen MR) is 130 cm³/mol. The first-order chi connectivity index (χ1) is 15.9. The van der Waals surface area contributed by atoms with Gasteiger partial charge in [0.2, 0.25) is 5.91 Å². The molecule has 33 heavy (non-hydrogen) atoms. The van der Waals surface area contributed by atoms with E-state index in [-0.39, 0.29) is 5.91 Å². The summed E-state index contributed by atoms with van der Waals surface area (Å²) in [4.78, 5) is 24.1. The number of fused-ring (bicyclic) bond motifs is 1. The summed E-state index contributed by atoms with van der Waals surface area (Å²) < 4.78 is 5.54. The van der Waals surface area contributed by atoms with Crippen LogP contribution >= 0.6 is 0 Å². The summed E-state index contributed by atoms with van der Waals surface area (Å²) in [5, 5.41) is 0. The molecule has 5 heteroatoms. The Morgan fingerprint density at radius 3 is 2.52 bits per heavy atom. The molecule has 2 aromatic carbocycles. The Hall–Kier alpha value is -3.73. The Balaban J connectivity index is 1.45. The number of aryl methyl sites for hydroxylation is 2. The summed E-state index contributed by atoms with van der Waals surface area (Å²) in [5.41, 5.74) is 7.53. The molecule has 0 unspecified atom stereocenters. The molecule has 0 atom stereocenters. The number of carbonyl (C=O) groups excluding carboxylic acids is 1. The SMILES string of the molecule is Cc1coc(C)c1-c1ccc(CN2C(=O)Cc3cnc(-c4ccccc4C(C)C)nc32)cc1. The number of nitrogens with zero attached hydrogens (tertiary/aromatic N) is 3. The Kier molecular flexibility index (Phi) is 5.33. The fourth-order valence-corrected chi connectivity index (χ4v) is 4.59. The van der Waals surface area contributed by atoms with Gasteiger partial charge in [0.1, 0.15) is 11.6 Å². The van der Waals surface area contributed by atoms with E-state index in [4.69, 9.17) is 9.40 Å². The van der Waals surface area contributed by atoms with Crippen LogP contribution in [0.15, 0.2) is 65.4 Å². The average Bonchev–Trinajstić information content (AvgIpc) is 3.31. The first kappa shape index (κ1) is 21.1. The van der Waals surface area contributed by atoms with Gasteiger partial charge < -0.3 is 4.42 Å². The largest absolute Gasteiger partial charge is 0.469 e. The number of carbonyl (C=O) groups is 1. The van der Waals surface area contributed by atoms with Crippen LogP contribution in [0.2, 0.25) is 0 Å². The van der Waals surface area contributed by atoms with E-state index in [0.29, 0.717) is 30.5 Å². The van der Waals surface area contributed by atoms with E-state index in [1.54, 1.807) is 17.4 Å². The first-order valence-electron chi connectivity index (χ1n) is 11.3. The third kappa shape index (κ3) is 3.84. The van der Waals surface area contributed by atoms with Gasteiger partial charge in [0.25, 0.3) is 0 Å². The first-order valence-corrected chi connectivity index (χ1v) is 11.3. The average molecular weight is 438 g/mol. The molecule has 2 aromatic heterocycles. The van der Waals surface area contributed by atoms with Gasteiger partial charge in [0, 0.05) is 22.9 Å². The molecule has 0 aliphatic carbocycles. The normalized spacial score (nSPS) is 13.1. The van der Waals surface area contributed by atoms with Crippen LogP contribution in [0, 0.1) is 13.8 Å². The highest BCUT2D eigenvalue weighted by atomic mass is 16.3. The lowest BCUT2D eigenvalue weighted by Crippen LogP contribution is -2.26. The molecule has 1 aliphatic heterocycles. The van der Waals surface area contributed by atoms with Crippen molar-refractivity contribution in [3.63, 3.8) is 0 Å². The van der Waals surface area contributed by atoms with Crippen molar-refractivity contribution < 1.29 is 9.21 Å². The standard InChI is InChI=1S/C28H27N3O2/c1-17(2)23-7-5-6-8-24(23)27-29-14-22-13-25(32)31(28(22)30-27)15-20-9-11-21(12-10-20)26-18(3)16-33-19(26)4/h5-12,14,16-17H,13,15H2,1-4H3. The van der Waals surface area contributed by atoms with Crippen LogP contribution < -0.4 is 4.90 Å². The quantitative estimate of drug-likeness (QED) is 0.371. The maximum atomic E-state index is 12.8. The summed E-state index contributed by atoms with van der Waals surface area (Å²) in [5.74, 6) is 2.71. The summed E-state index contributed by atoms with van der Waals surface area (Å²) >= 11 is 0. The van der Waals surface area contributed by atoms with E-state index in [1.165, 1.54) is 5.56 Å². The van der Waals surface area contributed by atoms with Crippen LogP contribution in [0.5, 0.6) is 0 Å². The van der Waals surface area contributed by atoms with Gasteiger partial charge in [-0.15, -0.1) is 0 Å². The zero-order chi connectivity index (χ0) is 23.1. The molecule has 0 saturated carbocycles. The minimum Gasteiger partial charge on any atom is -0.469 e. The minimum atomic E-state index is 0.0548. The van der Waals surface area contributed by atoms with Crippen LogP contribution in [-0.4, -0.2) is 15.9 Å². The fraction of sp³-hybridized carbons (Fsp3) is 0.250. The maximum Gasteiger partial charge on any atom is 0.233 e. The number of hydrogen-bond donors (Lipinski definition) is 0. The highest BCUT2D eigenvalue weighted by Crippen LogP contribution is 2.33. The number of hydrogen-bond acceptors (Lipinski definition) is 4. The van der Waals surface area contributed by atoms with Gasteiger partial charge in [-0.25, -0.2) is 9.97 Å². The van der Waals surface area contributed by atoms with E-state index >= 15 is 0 Å². The Morgan fingerprint density at radius 2 is 1.82 bits per heavy atom. The van der Waals surface area contributed by atoms with Crippen LogP contribution in [0.3, 0.4) is 0 Å². The van der Waals surface area contributed by atoms with E-state index in [2.05, 4.69) is 55.2 Å². The molecule has 166 valence electrons. The molecule has 3 heterocycles. The molecule has 5 nitrogen and oxygen atoms in total. The van der Waals surface area contributed by atoms with Gasteiger partial charge in [-0.3, -0.25) is 9.69 Å². The van der Waals surface area contributed by atoms with Crippen molar-refractivity contribution >= 4 is 11.7 Å². The summed E-state index contributed by atoms with van der Waals surface area (Å²) in [6.07, 6.45) is 3.93. The van der Waals surface area contributed by atoms with Crippen molar-refractivity contribution in [1.82, 2.24) is 9.97 Å². The monoisotopic (exact) mass is 437 g/mol. The Morgan fingerprint density at radius 1 is 1.06 bits per heavy atom. The molecular weight excluding hydrogens is 410 g/mol. The van der Waals surface area contributed by atoms with Crippen molar-refractivity contribution in [3.8, 4) is 22.5 Å². The van der Waals surface area contributed by atoms with Crippen LogP contribution in [0.25, 0.3) is 22.5 Å². The van der Waals surface area contributed by atoms with Gasteiger partial charge in [-0.2, -0.15) is 0 Å². The molecule has 0 N–H and O–H groups in total. The minimum absolute atomic E-state index is 0.0548. The number of rotatable bonds is 5. The number of benzene rings is 2. The van der Waals surface area contributed by atoms with Crippen molar-refractivity contribution in [1.29, 1.82) is 0 Å². The van der Waals surface area contributed by atoms with E-state index in [9.17, 15) is 4.79 Å². The summed E-state index contributed by atoms with van der Waals surface area (Å²) in [7, 11) is 0. The third-order valence-corrected chi connectivity index (χ3v) is 6.31. The highest BCUT2D eigenvalue weighted by molar-refractivity contribution is 6.00. The highest BCUT2D eigenvalue weighted by Gasteiger charge is 2.30. The Bertz CT molecular complexity index is 1320. The molecule has 5 rings (SSSR count). The lowest BCUT2D eigenvalue weighted by molar-refractivity contribution is -0.117. The second kappa shape index (κ2) is 8.32. The van der Waals surface area contributed by atoms with Crippen molar-refractivity contribution in [2.45, 2.75) is 46.6 Å². The molecule has 1 amide bonds. The topological polar surface area (TPSA) is 59.2 Å². The number of furan rings is 1. The number of amides is 1. The molecule has 0 fully saturated rings. The fourth-order valence-electron chi connectivity index (χ4n) is 4.59. The number of anilines is 1. The van der Waals surface area contributed by atoms with Crippen molar-refractivity contribution in [2.24, 2.45) is 0 Å². The van der Waals surface area contributed by atoms with Crippen molar-refractivity contribution in [2.75, 3.05) is 4.90 Å². The van der Waals surface area contributed by atoms with E-state index in [1.807, 2.05) is 26.0 Å². The van der Waals surface area contributed by atoms with Gasteiger partial charge in [-0.1, -0.05) is 62.4 Å². The molecule has 0 saturated heterocycles. The van der Waals surface area contributed by atoms with Gasteiger partial charge in [0.05, 0.1) is 19.2 Å². The van der Waals surface area contributed by atoms with Crippen LogP contribution in [0.1, 0.15) is 47.8 Å². The van der Waals surface area contributed by atoms with Crippen molar-refractivity contribution in [3.05, 3.63) is 89.0 Å². The van der Waals surface area contributed by atoms with E-state index in [0.717, 1.165) is 39.1 Å². The zero-order valence-corrected chi connectivity index (χ0v) is 19.4. The molecule has 0 bridgehead atoms. The van der Waals surface area contributed by atoms with E-state index < -0.39 is 0 Å². The predicted octanol–water partition coefficient (Wildman–Crippen LogP) is 6.23. The maximum absolute atomic E-state index is 12.8. The smallest absolute Gasteiger partial charge is 0.233 e. The second-order valence-electron chi connectivity index (χ2n) is 8.99.